The van der Waals surface area contributed by atoms with Gasteiger partial charge in [0, 0.05) is 0 Å². The Morgan fingerprint density at radius 2 is 2.22 bits per heavy atom. The molecule has 0 aliphatic rings. The molecule has 0 rings (SSSR count). The number of hydrogen-bond donors (Lipinski definition) is 3. The highest BCUT2D eigenvalue weighted by Gasteiger charge is 2.30. The van der Waals surface area contributed by atoms with Gasteiger partial charge >= 0.3 is 0 Å². The lowest BCUT2D eigenvalue weighted by atomic mass is 10.0. The molecule has 0 aromatic carbocycles. The molecule has 1 atom stereocenters. The van der Waals surface area contributed by atoms with Gasteiger partial charge in [-0.25, -0.2) is 0 Å². The minimum absolute atomic E-state index is 0.138. The fourth-order valence-electron chi connectivity index (χ4n) is 0.364. The highest BCUT2D eigenvalue weighted by atomic mass is 16.3. The topological polar surface area (TPSA) is 83.6 Å². The van der Waals surface area contributed by atoms with Crippen molar-refractivity contribution in [3.8, 4) is 0 Å². The van der Waals surface area contributed by atoms with Crippen molar-refractivity contribution in [3.05, 3.63) is 0 Å². The molecule has 0 aliphatic carbocycles. The summed E-state index contributed by atoms with van der Waals surface area (Å²) in [6, 6.07) is 0. The molecule has 1 unspecified atom stereocenters. The molecule has 0 aromatic rings. The highest BCUT2D eigenvalue weighted by Crippen LogP contribution is 2.06. The molecule has 1 amide bonds. The van der Waals surface area contributed by atoms with Crippen molar-refractivity contribution in [2.45, 2.75) is 18.9 Å². The van der Waals surface area contributed by atoms with E-state index in [1.165, 1.54) is 0 Å². The van der Waals surface area contributed by atoms with Crippen LogP contribution in [-0.2, 0) is 4.79 Å². The van der Waals surface area contributed by atoms with Crippen molar-refractivity contribution in [3.63, 3.8) is 0 Å². The summed E-state index contributed by atoms with van der Waals surface area (Å²) in [5.41, 5.74) is 3.02. The van der Waals surface area contributed by atoms with E-state index in [9.17, 15) is 4.79 Å². The second-order valence-corrected chi connectivity index (χ2v) is 1.91. The zero-order chi connectivity index (χ0) is 7.49. The monoisotopic (exact) mass is 133 g/mol. The molecule has 0 aliphatic heterocycles. The van der Waals surface area contributed by atoms with E-state index in [1.54, 1.807) is 6.92 Å². The van der Waals surface area contributed by atoms with Crippen molar-refractivity contribution in [2.24, 2.45) is 5.73 Å². The number of nitrogens with two attached hydrogens (primary N) is 1. The lowest BCUT2D eigenvalue weighted by Gasteiger charge is -2.18. The standard InChI is InChI=1S/C5H11NO3/c1-2-5(9,3-7)4(6)8/h7,9H,2-3H2,1H3,(H2,6,8). The number of primary amides is 1. The zero-order valence-electron chi connectivity index (χ0n) is 5.29. The number of amides is 1. The van der Waals surface area contributed by atoms with E-state index in [0.717, 1.165) is 0 Å². The number of aliphatic hydroxyl groups is 2. The summed E-state index contributed by atoms with van der Waals surface area (Å²) in [5.74, 6) is -0.882. The average Bonchev–Trinajstić information content (AvgIpc) is 1.86. The zero-order valence-corrected chi connectivity index (χ0v) is 5.29. The van der Waals surface area contributed by atoms with Crippen LogP contribution in [0.25, 0.3) is 0 Å². The Morgan fingerprint density at radius 3 is 2.22 bits per heavy atom. The molecule has 4 N–H and O–H groups in total. The smallest absolute Gasteiger partial charge is 0.251 e. The van der Waals surface area contributed by atoms with E-state index in [2.05, 4.69) is 0 Å². The molecule has 0 bridgehead atoms. The van der Waals surface area contributed by atoms with Gasteiger partial charge in [0.1, 0.15) is 0 Å². The van der Waals surface area contributed by atoms with E-state index in [0.29, 0.717) is 0 Å². The first-order chi connectivity index (χ1) is 4.06. The third kappa shape index (κ3) is 1.65. The maximum Gasteiger partial charge on any atom is 0.251 e. The first kappa shape index (κ1) is 8.39. The lowest BCUT2D eigenvalue weighted by Crippen LogP contribution is -2.46. The molecule has 0 spiro atoms. The van der Waals surface area contributed by atoms with Crippen LogP contribution in [0.2, 0.25) is 0 Å². The Bertz CT molecular complexity index is 109. The summed E-state index contributed by atoms with van der Waals surface area (Å²) in [6.45, 7) is 0.958. The molecular formula is C5H11NO3. The Morgan fingerprint density at radius 1 is 1.78 bits per heavy atom. The molecule has 0 aromatic heterocycles. The Labute approximate surface area is 53.3 Å². The summed E-state index contributed by atoms with van der Waals surface area (Å²) in [7, 11) is 0. The third-order valence-corrected chi connectivity index (χ3v) is 1.31. The number of carbonyl (C=O) groups is 1. The van der Waals surface area contributed by atoms with Crippen LogP contribution in [0.3, 0.4) is 0 Å². The van der Waals surface area contributed by atoms with Crippen LogP contribution in [0.15, 0.2) is 0 Å². The summed E-state index contributed by atoms with van der Waals surface area (Å²) in [5, 5.41) is 17.4. The molecule has 0 fully saturated rings. The maximum atomic E-state index is 10.3. The SMILES string of the molecule is CCC(O)(CO)C(N)=O. The number of rotatable bonds is 3. The van der Waals surface area contributed by atoms with Crippen LogP contribution >= 0.6 is 0 Å². The third-order valence-electron chi connectivity index (χ3n) is 1.31. The fourth-order valence-corrected chi connectivity index (χ4v) is 0.364. The van der Waals surface area contributed by atoms with Crippen LogP contribution in [0.1, 0.15) is 13.3 Å². The van der Waals surface area contributed by atoms with Crippen molar-refractivity contribution in [2.75, 3.05) is 6.61 Å². The Kier molecular flexibility index (Phi) is 2.61. The molecular weight excluding hydrogens is 122 g/mol. The van der Waals surface area contributed by atoms with Gasteiger partial charge in [0.15, 0.2) is 5.60 Å². The largest absolute Gasteiger partial charge is 0.393 e. The Balaban J connectivity index is 4.09. The van der Waals surface area contributed by atoms with E-state index in [1.807, 2.05) is 0 Å². The fraction of sp³-hybridized carbons (Fsp3) is 0.800. The summed E-state index contributed by atoms with van der Waals surface area (Å²) in [4.78, 5) is 10.3. The average molecular weight is 133 g/mol. The predicted molar refractivity (Wildman–Crippen MR) is 31.5 cm³/mol. The van der Waals surface area contributed by atoms with Crippen LogP contribution in [-0.4, -0.2) is 28.3 Å². The minimum Gasteiger partial charge on any atom is -0.393 e. The molecule has 54 valence electrons. The van der Waals surface area contributed by atoms with Crippen molar-refractivity contribution in [1.29, 1.82) is 0 Å². The number of carbonyl (C=O) groups excluding carboxylic acids is 1. The van der Waals surface area contributed by atoms with Gasteiger partial charge in [0.25, 0.3) is 5.91 Å². The van der Waals surface area contributed by atoms with Gasteiger partial charge in [-0.05, 0) is 6.42 Å². The maximum absolute atomic E-state index is 10.3. The van der Waals surface area contributed by atoms with E-state index in [4.69, 9.17) is 15.9 Å². The second kappa shape index (κ2) is 2.80. The van der Waals surface area contributed by atoms with Crippen molar-refractivity contribution in [1.82, 2.24) is 0 Å². The van der Waals surface area contributed by atoms with Gasteiger partial charge in [-0.2, -0.15) is 0 Å². The highest BCUT2D eigenvalue weighted by molar-refractivity contribution is 5.83. The summed E-state index contributed by atoms with van der Waals surface area (Å²) in [6.07, 6.45) is 0.138. The lowest BCUT2D eigenvalue weighted by molar-refractivity contribution is -0.140. The minimum atomic E-state index is -1.72. The number of aliphatic hydroxyl groups excluding tert-OH is 1. The van der Waals surface area contributed by atoms with Gasteiger partial charge in [-0.1, -0.05) is 6.92 Å². The molecule has 0 heterocycles. The van der Waals surface area contributed by atoms with Crippen molar-refractivity contribution >= 4 is 5.91 Å². The Hall–Kier alpha value is -0.610. The van der Waals surface area contributed by atoms with Crippen LogP contribution in [0, 0.1) is 0 Å². The summed E-state index contributed by atoms with van der Waals surface area (Å²) < 4.78 is 0. The van der Waals surface area contributed by atoms with Gasteiger partial charge in [0.05, 0.1) is 6.61 Å². The van der Waals surface area contributed by atoms with E-state index < -0.39 is 18.1 Å². The number of hydrogen-bond acceptors (Lipinski definition) is 3. The van der Waals surface area contributed by atoms with Crippen LogP contribution in [0.4, 0.5) is 0 Å². The molecule has 0 radical (unpaired) electrons. The molecule has 4 heteroatoms. The van der Waals surface area contributed by atoms with Gasteiger partial charge in [0.2, 0.25) is 0 Å². The molecule has 0 saturated heterocycles. The normalized spacial score (nSPS) is 16.8. The van der Waals surface area contributed by atoms with Gasteiger partial charge in [-0.15, -0.1) is 0 Å². The summed E-state index contributed by atoms with van der Waals surface area (Å²) >= 11 is 0. The molecule has 4 nitrogen and oxygen atoms in total. The van der Waals surface area contributed by atoms with Gasteiger partial charge in [-0.3, -0.25) is 4.79 Å². The molecule has 0 saturated carbocycles. The quantitative estimate of drug-likeness (QED) is 0.443. The first-order valence-electron chi connectivity index (χ1n) is 2.70. The van der Waals surface area contributed by atoms with E-state index >= 15 is 0 Å². The predicted octanol–water partition coefficient (Wildman–Crippen LogP) is -1.39. The van der Waals surface area contributed by atoms with Gasteiger partial charge < -0.3 is 15.9 Å². The van der Waals surface area contributed by atoms with Crippen molar-refractivity contribution < 1.29 is 15.0 Å². The molecule has 9 heavy (non-hydrogen) atoms. The first-order valence-corrected chi connectivity index (χ1v) is 2.70. The van der Waals surface area contributed by atoms with Crippen LogP contribution in [0.5, 0.6) is 0 Å². The van der Waals surface area contributed by atoms with E-state index in [-0.39, 0.29) is 6.42 Å². The second-order valence-electron chi connectivity index (χ2n) is 1.91. The van der Waals surface area contributed by atoms with Crippen LogP contribution < -0.4 is 5.73 Å².